The van der Waals surface area contributed by atoms with Gasteiger partial charge in [-0.3, -0.25) is 4.79 Å². The zero-order chi connectivity index (χ0) is 15.5. The third kappa shape index (κ3) is 4.42. The van der Waals surface area contributed by atoms with Gasteiger partial charge in [0.05, 0.1) is 5.69 Å². The summed E-state index contributed by atoms with van der Waals surface area (Å²) in [6, 6.07) is 11.9. The van der Waals surface area contributed by atoms with E-state index in [-0.39, 0.29) is 22.3 Å². The summed E-state index contributed by atoms with van der Waals surface area (Å²) in [5.74, 6) is -0.495. The summed E-state index contributed by atoms with van der Waals surface area (Å²) in [7, 11) is 0. The number of hydrogen-bond acceptors (Lipinski definition) is 3. The fraction of sp³-hybridized carbons (Fsp3) is 0.0714. The first kappa shape index (κ1) is 15.2. The molecule has 0 aliphatic rings. The zero-order valence-electron chi connectivity index (χ0n) is 10.6. The Hall–Kier alpha value is -2.15. The fourth-order valence-electron chi connectivity index (χ4n) is 1.61. The van der Waals surface area contributed by atoms with E-state index in [1.54, 1.807) is 18.2 Å². The van der Waals surface area contributed by atoms with Crippen LogP contribution < -0.4 is 11.1 Å². The van der Waals surface area contributed by atoms with Crippen molar-refractivity contribution in [1.29, 1.82) is 0 Å². The van der Waals surface area contributed by atoms with Crippen LogP contribution in [0.25, 0.3) is 0 Å². The average Bonchev–Trinajstić information content (AvgIpc) is 2.40. The number of para-hydroxylation sites is 1. The number of nitrogen functional groups attached to an aromatic ring is 1. The standard InChI is InChI=1S/C14H11F3N2OS/c15-14(16,17)21-12-4-2-1-3-11(12)19-13(20)9-5-7-10(18)8-6-9/h1-8H,18H2,(H,19,20). The van der Waals surface area contributed by atoms with Crippen molar-refractivity contribution in [2.45, 2.75) is 10.4 Å². The van der Waals surface area contributed by atoms with Gasteiger partial charge in [-0.1, -0.05) is 12.1 Å². The van der Waals surface area contributed by atoms with E-state index in [0.29, 0.717) is 11.3 Å². The van der Waals surface area contributed by atoms with Crippen LogP contribution in [0.15, 0.2) is 53.4 Å². The minimum atomic E-state index is -4.41. The summed E-state index contributed by atoms with van der Waals surface area (Å²) in [5, 5.41) is 2.47. The quantitative estimate of drug-likeness (QED) is 0.662. The SMILES string of the molecule is Nc1ccc(C(=O)Nc2ccccc2SC(F)(F)F)cc1. The monoisotopic (exact) mass is 312 g/mol. The van der Waals surface area contributed by atoms with Gasteiger partial charge in [0, 0.05) is 16.1 Å². The molecule has 2 aromatic carbocycles. The second kappa shape index (κ2) is 6.09. The molecule has 2 rings (SSSR count). The van der Waals surface area contributed by atoms with E-state index in [1.807, 2.05) is 0 Å². The molecular weight excluding hydrogens is 301 g/mol. The number of alkyl halides is 3. The van der Waals surface area contributed by atoms with Crippen LogP contribution in [0.3, 0.4) is 0 Å². The second-order valence-corrected chi connectivity index (χ2v) is 5.23. The molecule has 0 radical (unpaired) electrons. The predicted molar refractivity (Wildman–Crippen MR) is 77.2 cm³/mol. The van der Waals surface area contributed by atoms with Crippen molar-refractivity contribution in [3.05, 3.63) is 54.1 Å². The Kier molecular flexibility index (Phi) is 4.42. The second-order valence-electron chi connectivity index (χ2n) is 4.12. The van der Waals surface area contributed by atoms with Crippen LogP contribution in [-0.4, -0.2) is 11.4 Å². The Bertz CT molecular complexity index is 641. The first-order valence-corrected chi connectivity index (χ1v) is 6.68. The maximum absolute atomic E-state index is 12.5. The van der Waals surface area contributed by atoms with Gasteiger partial charge >= 0.3 is 5.51 Å². The predicted octanol–water partition coefficient (Wildman–Crippen LogP) is 4.13. The maximum Gasteiger partial charge on any atom is 0.446 e. The highest BCUT2D eigenvalue weighted by atomic mass is 32.2. The first-order chi connectivity index (χ1) is 9.85. The highest BCUT2D eigenvalue weighted by molar-refractivity contribution is 8.00. The number of benzene rings is 2. The number of thioether (sulfide) groups is 1. The lowest BCUT2D eigenvalue weighted by Gasteiger charge is -2.12. The summed E-state index contributed by atoms with van der Waals surface area (Å²) in [4.78, 5) is 11.9. The van der Waals surface area contributed by atoms with Crippen molar-refractivity contribution in [3.8, 4) is 0 Å². The van der Waals surface area contributed by atoms with Crippen LogP contribution >= 0.6 is 11.8 Å². The molecule has 0 saturated heterocycles. The number of rotatable bonds is 3. The molecule has 21 heavy (non-hydrogen) atoms. The number of anilines is 2. The number of nitrogens with two attached hydrogens (primary N) is 1. The number of halogens is 3. The molecule has 0 bridgehead atoms. The third-order valence-corrected chi connectivity index (χ3v) is 3.34. The van der Waals surface area contributed by atoms with E-state index in [0.717, 1.165) is 0 Å². The lowest BCUT2D eigenvalue weighted by atomic mass is 10.2. The van der Waals surface area contributed by atoms with Gasteiger partial charge in [0.2, 0.25) is 0 Å². The molecule has 0 aromatic heterocycles. The van der Waals surface area contributed by atoms with E-state index in [2.05, 4.69) is 5.32 Å². The average molecular weight is 312 g/mol. The summed E-state index contributed by atoms with van der Waals surface area (Å²) >= 11 is -0.268. The van der Waals surface area contributed by atoms with Gasteiger partial charge in [0.1, 0.15) is 0 Å². The number of carbonyl (C=O) groups excluding carboxylic acids is 1. The van der Waals surface area contributed by atoms with Crippen LogP contribution in [0.1, 0.15) is 10.4 Å². The Morgan fingerprint density at radius 1 is 1.05 bits per heavy atom. The van der Waals surface area contributed by atoms with E-state index < -0.39 is 11.4 Å². The Morgan fingerprint density at radius 2 is 1.67 bits per heavy atom. The lowest BCUT2D eigenvalue weighted by Crippen LogP contribution is -2.13. The normalized spacial score (nSPS) is 11.2. The molecule has 0 aliphatic heterocycles. The summed E-state index contributed by atoms with van der Waals surface area (Å²) in [6.07, 6.45) is 0. The highest BCUT2D eigenvalue weighted by Gasteiger charge is 2.30. The van der Waals surface area contributed by atoms with E-state index >= 15 is 0 Å². The zero-order valence-corrected chi connectivity index (χ0v) is 11.5. The summed E-state index contributed by atoms with van der Waals surface area (Å²) < 4.78 is 37.4. The van der Waals surface area contributed by atoms with Crippen molar-refractivity contribution < 1.29 is 18.0 Å². The topological polar surface area (TPSA) is 55.1 Å². The van der Waals surface area contributed by atoms with Crippen molar-refractivity contribution in [2.75, 3.05) is 11.1 Å². The van der Waals surface area contributed by atoms with Crippen LogP contribution in [0.4, 0.5) is 24.5 Å². The molecule has 0 saturated carbocycles. The van der Waals surface area contributed by atoms with Gasteiger partial charge in [-0.25, -0.2) is 0 Å². The van der Waals surface area contributed by atoms with Crippen LogP contribution in [-0.2, 0) is 0 Å². The number of amides is 1. The van der Waals surface area contributed by atoms with Crippen molar-refractivity contribution >= 4 is 29.0 Å². The molecule has 3 nitrogen and oxygen atoms in total. The van der Waals surface area contributed by atoms with E-state index in [4.69, 9.17) is 5.73 Å². The van der Waals surface area contributed by atoms with E-state index in [1.165, 1.54) is 30.3 Å². The fourth-order valence-corrected chi connectivity index (χ4v) is 2.24. The molecule has 7 heteroatoms. The number of nitrogens with one attached hydrogen (secondary N) is 1. The van der Waals surface area contributed by atoms with Gasteiger partial charge in [0.15, 0.2) is 0 Å². The van der Waals surface area contributed by atoms with Crippen LogP contribution in [0.5, 0.6) is 0 Å². The molecule has 0 atom stereocenters. The molecule has 1 amide bonds. The maximum atomic E-state index is 12.5. The van der Waals surface area contributed by atoms with Gasteiger partial charge in [-0.05, 0) is 48.2 Å². The van der Waals surface area contributed by atoms with Crippen LogP contribution in [0.2, 0.25) is 0 Å². The van der Waals surface area contributed by atoms with Gasteiger partial charge < -0.3 is 11.1 Å². The molecule has 0 spiro atoms. The minimum absolute atomic E-state index is 0.0613. The largest absolute Gasteiger partial charge is 0.446 e. The van der Waals surface area contributed by atoms with Crippen molar-refractivity contribution in [3.63, 3.8) is 0 Å². The van der Waals surface area contributed by atoms with Crippen molar-refractivity contribution in [2.24, 2.45) is 0 Å². The molecule has 0 unspecified atom stereocenters. The molecule has 3 N–H and O–H groups in total. The van der Waals surface area contributed by atoms with Gasteiger partial charge in [-0.15, -0.1) is 0 Å². The first-order valence-electron chi connectivity index (χ1n) is 5.87. The minimum Gasteiger partial charge on any atom is -0.399 e. The van der Waals surface area contributed by atoms with Gasteiger partial charge in [0.25, 0.3) is 5.91 Å². The van der Waals surface area contributed by atoms with Crippen molar-refractivity contribution in [1.82, 2.24) is 0 Å². The molecule has 110 valence electrons. The molecular formula is C14H11F3N2OS. The summed E-state index contributed by atoms with van der Waals surface area (Å²) in [5.41, 5.74) is 2.03. The Labute approximate surface area is 123 Å². The summed E-state index contributed by atoms with van der Waals surface area (Å²) in [6.45, 7) is 0. The Morgan fingerprint density at radius 3 is 2.29 bits per heavy atom. The molecule has 0 aliphatic carbocycles. The number of hydrogen-bond donors (Lipinski definition) is 2. The molecule has 0 fully saturated rings. The molecule has 0 heterocycles. The smallest absolute Gasteiger partial charge is 0.399 e. The number of carbonyl (C=O) groups is 1. The molecule has 2 aromatic rings. The van der Waals surface area contributed by atoms with Gasteiger partial charge in [-0.2, -0.15) is 13.2 Å². The Balaban J connectivity index is 2.19. The lowest BCUT2D eigenvalue weighted by molar-refractivity contribution is -0.0328. The van der Waals surface area contributed by atoms with Crippen LogP contribution in [0, 0.1) is 0 Å². The third-order valence-electron chi connectivity index (χ3n) is 2.53. The highest BCUT2D eigenvalue weighted by Crippen LogP contribution is 2.40. The van der Waals surface area contributed by atoms with E-state index in [9.17, 15) is 18.0 Å².